The lowest BCUT2D eigenvalue weighted by molar-refractivity contribution is 0.0762. The molecule has 1 aromatic heterocycles. The minimum atomic E-state index is 0.0504. The van der Waals surface area contributed by atoms with Crippen molar-refractivity contribution < 1.29 is 9.59 Å². The number of nitrogens with one attached hydrogen (secondary N) is 1. The zero-order valence-corrected chi connectivity index (χ0v) is 17.5. The summed E-state index contributed by atoms with van der Waals surface area (Å²) < 4.78 is 0. The second kappa shape index (κ2) is 6.80. The summed E-state index contributed by atoms with van der Waals surface area (Å²) in [6.07, 6.45) is 4.43. The van der Waals surface area contributed by atoms with Crippen LogP contribution in [0.15, 0.2) is 16.8 Å². The van der Waals surface area contributed by atoms with E-state index in [9.17, 15) is 9.59 Å². The predicted octanol–water partition coefficient (Wildman–Crippen LogP) is 3.82. The molecule has 27 heavy (non-hydrogen) atoms. The van der Waals surface area contributed by atoms with Crippen LogP contribution in [0.4, 0.5) is 4.79 Å². The molecule has 0 radical (unpaired) electrons. The van der Waals surface area contributed by atoms with Crippen molar-refractivity contribution in [3.63, 3.8) is 0 Å². The lowest BCUT2D eigenvalue weighted by Crippen LogP contribution is -2.52. The molecule has 2 heterocycles. The van der Waals surface area contributed by atoms with Gasteiger partial charge in [0.15, 0.2) is 0 Å². The largest absolute Gasteiger partial charge is 0.337 e. The molecule has 0 spiro atoms. The number of hydrogen-bond donors (Lipinski definition) is 1. The second-order valence-corrected chi connectivity index (χ2v) is 10.0. The predicted molar refractivity (Wildman–Crippen MR) is 108 cm³/mol. The van der Waals surface area contributed by atoms with Crippen LogP contribution in [0.2, 0.25) is 0 Å². The van der Waals surface area contributed by atoms with Crippen LogP contribution in [0.25, 0.3) is 0 Å². The van der Waals surface area contributed by atoms with Crippen molar-refractivity contribution in [2.45, 2.75) is 52.5 Å². The van der Waals surface area contributed by atoms with E-state index >= 15 is 0 Å². The van der Waals surface area contributed by atoms with E-state index in [0.717, 1.165) is 30.9 Å². The average molecular weight is 390 g/mol. The number of thiophene rings is 1. The Kier molecular flexibility index (Phi) is 4.73. The van der Waals surface area contributed by atoms with E-state index < -0.39 is 0 Å². The highest BCUT2D eigenvalue weighted by atomic mass is 32.1. The Balaban J connectivity index is 1.36. The van der Waals surface area contributed by atoms with Gasteiger partial charge in [0.1, 0.15) is 0 Å². The minimum Gasteiger partial charge on any atom is -0.337 e. The quantitative estimate of drug-likeness (QED) is 0.836. The van der Waals surface area contributed by atoms with Gasteiger partial charge in [0.2, 0.25) is 0 Å². The number of urea groups is 1. The third kappa shape index (κ3) is 3.06. The van der Waals surface area contributed by atoms with Gasteiger partial charge in [-0.15, -0.1) is 0 Å². The van der Waals surface area contributed by atoms with Gasteiger partial charge < -0.3 is 15.1 Å². The molecule has 2 bridgehead atoms. The Morgan fingerprint density at radius 1 is 1.15 bits per heavy atom. The molecule has 3 unspecified atom stereocenters. The van der Waals surface area contributed by atoms with Gasteiger partial charge >= 0.3 is 6.03 Å². The maximum absolute atomic E-state index is 13.0. The number of fused-ring (bicyclic) bond motifs is 2. The molecular formula is C21H31N3O2S. The Morgan fingerprint density at radius 3 is 2.52 bits per heavy atom. The molecule has 1 N–H and O–H groups in total. The van der Waals surface area contributed by atoms with Crippen LogP contribution in [0.5, 0.6) is 0 Å². The third-order valence-electron chi connectivity index (χ3n) is 7.93. The van der Waals surface area contributed by atoms with E-state index in [0.29, 0.717) is 25.0 Å². The van der Waals surface area contributed by atoms with Crippen molar-refractivity contribution >= 4 is 23.3 Å². The van der Waals surface area contributed by atoms with Crippen LogP contribution >= 0.6 is 11.3 Å². The maximum Gasteiger partial charge on any atom is 0.317 e. The van der Waals surface area contributed by atoms with Crippen molar-refractivity contribution in [3.05, 3.63) is 22.4 Å². The van der Waals surface area contributed by atoms with Crippen molar-refractivity contribution in [3.8, 4) is 0 Å². The molecule has 2 aliphatic carbocycles. The minimum absolute atomic E-state index is 0.0504. The third-order valence-corrected chi connectivity index (χ3v) is 8.61. The molecule has 1 aromatic rings. The zero-order chi connectivity index (χ0) is 19.2. The molecule has 3 aliphatic rings. The maximum atomic E-state index is 13.0. The van der Waals surface area contributed by atoms with E-state index in [2.05, 4.69) is 26.1 Å². The van der Waals surface area contributed by atoms with E-state index in [-0.39, 0.29) is 23.4 Å². The van der Waals surface area contributed by atoms with E-state index in [4.69, 9.17) is 0 Å². The van der Waals surface area contributed by atoms with Gasteiger partial charge in [0, 0.05) is 37.6 Å². The fourth-order valence-electron chi connectivity index (χ4n) is 5.55. The summed E-state index contributed by atoms with van der Waals surface area (Å²) in [5.74, 6) is 0.802. The second-order valence-electron chi connectivity index (χ2n) is 9.26. The zero-order valence-electron chi connectivity index (χ0n) is 16.7. The molecule has 148 valence electrons. The Bertz CT molecular complexity index is 717. The number of carbonyl (C=O) groups is 2. The SMILES string of the molecule is CC1(C)C2CCC1(C)C(NC(=O)N1CCCN(C(=O)c3ccsc3)CC1)C2. The highest BCUT2D eigenvalue weighted by Gasteiger charge is 2.61. The van der Waals surface area contributed by atoms with Crippen LogP contribution in [-0.2, 0) is 0 Å². The molecule has 0 aromatic carbocycles. The average Bonchev–Trinajstić information content (AvgIpc) is 3.20. The van der Waals surface area contributed by atoms with Gasteiger partial charge in [-0.05, 0) is 53.9 Å². The van der Waals surface area contributed by atoms with E-state index in [1.165, 1.54) is 12.8 Å². The molecule has 3 fully saturated rings. The summed E-state index contributed by atoms with van der Waals surface area (Å²) in [6.45, 7) is 9.75. The standard InChI is InChI=1S/C21H31N3O2S/c1-20(2)16-5-7-21(20,3)17(13-16)22-19(26)24-9-4-8-23(10-11-24)18(25)15-6-12-27-14-15/h6,12,14,16-17H,4-5,7-11,13H2,1-3H3,(H,22,26). The van der Waals surface area contributed by atoms with E-state index in [1.54, 1.807) is 11.3 Å². The molecule has 5 nitrogen and oxygen atoms in total. The van der Waals surface area contributed by atoms with Crippen molar-refractivity contribution in [1.29, 1.82) is 0 Å². The Hall–Kier alpha value is -1.56. The van der Waals surface area contributed by atoms with Gasteiger partial charge in [-0.2, -0.15) is 11.3 Å². The fraction of sp³-hybridized carbons (Fsp3) is 0.714. The lowest BCUT2D eigenvalue weighted by atomic mass is 9.69. The van der Waals surface area contributed by atoms with Crippen LogP contribution in [0, 0.1) is 16.7 Å². The highest BCUT2D eigenvalue weighted by Crippen LogP contribution is 2.65. The molecule has 2 saturated carbocycles. The molecule has 1 saturated heterocycles. The van der Waals surface area contributed by atoms with Gasteiger partial charge in [-0.1, -0.05) is 20.8 Å². The highest BCUT2D eigenvalue weighted by molar-refractivity contribution is 7.08. The summed E-state index contributed by atoms with van der Waals surface area (Å²) >= 11 is 1.54. The van der Waals surface area contributed by atoms with Gasteiger partial charge in [-0.25, -0.2) is 4.79 Å². The molecule has 4 rings (SSSR count). The molecule has 6 heteroatoms. The van der Waals surface area contributed by atoms with Crippen molar-refractivity contribution in [1.82, 2.24) is 15.1 Å². The van der Waals surface area contributed by atoms with Crippen molar-refractivity contribution in [2.24, 2.45) is 16.7 Å². The monoisotopic (exact) mass is 389 g/mol. The summed E-state index contributed by atoms with van der Waals surface area (Å²) in [4.78, 5) is 29.3. The lowest BCUT2D eigenvalue weighted by Gasteiger charge is -2.40. The molecule has 3 amide bonds. The molecule has 1 aliphatic heterocycles. The number of nitrogens with zero attached hydrogens (tertiary/aromatic N) is 2. The number of hydrogen-bond acceptors (Lipinski definition) is 3. The van der Waals surface area contributed by atoms with Crippen molar-refractivity contribution in [2.75, 3.05) is 26.2 Å². The summed E-state index contributed by atoms with van der Waals surface area (Å²) in [5, 5.41) is 7.19. The Labute approximate surface area is 166 Å². The van der Waals surface area contributed by atoms with Crippen LogP contribution < -0.4 is 5.32 Å². The van der Waals surface area contributed by atoms with E-state index in [1.807, 2.05) is 26.6 Å². The smallest absolute Gasteiger partial charge is 0.317 e. The first-order valence-corrected chi connectivity index (χ1v) is 11.1. The number of amides is 3. The molecular weight excluding hydrogens is 358 g/mol. The fourth-order valence-corrected chi connectivity index (χ4v) is 6.18. The first-order valence-electron chi connectivity index (χ1n) is 10.2. The van der Waals surface area contributed by atoms with Crippen LogP contribution in [0.3, 0.4) is 0 Å². The Morgan fingerprint density at radius 2 is 1.89 bits per heavy atom. The number of rotatable bonds is 2. The first kappa shape index (κ1) is 18.8. The van der Waals surface area contributed by atoms with Gasteiger partial charge in [-0.3, -0.25) is 4.79 Å². The normalized spacial score (nSPS) is 32.4. The first-order chi connectivity index (χ1) is 12.8. The summed E-state index contributed by atoms with van der Waals surface area (Å²) in [5.41, 5.74) is 1.25. The topological polar surface area (TPSA) is 52.7 Å². The van der Waals surface area contributed by atoms with Gasteiger partial charge in [0.25, 0.3) is 5.91 Å². The summed E-state index contributed by atoms with van der Waals surface area (Å²) in [6, 6.07) is 2.19. The van der Waals surface area contributed by atoms with Crippen LogP contribution in [0.1, 0.15) is 56.8 Å². The summed E-state index contributed by atoms with van der Waals surface area (Å²) in [7, 11) is 0. The number of carbonyl (C=O) groups excluding carboxylic acids is 2. The van der Waals surface area contributed by atoms with Gasteiger partial charge in [0.05, 0.1) is 5.56 Å². The van der Waals surface area contributed by atoms with Crippen LogP contribution in [-0.4, -0.2) is 54.0 Å². The molecule has 3 atom stereocenters.